The van der Waals surface area contributed by atoms with Crippen LogP contribution in [-0.2, 0) is 4.79 Å². The molecule has 2 heterocycles. The fraction of sp³-hybridized carbons (Fsp3) is 0.292. The first-order valence-corrected chi connectivity index (χ1v) is 10.4. The fourth-order valence-electron chi connectivity index (χ4n) is 4.16. The van der Waals surface area contributed by atoms with E-state index in [9.17, 15) is 4.79 Å². The highest BCUT2D eigenvalue weighted by Gasteiger charge is 2.36. The molecule has 0 fully saturated rings. The molecular weight excluding hydrogens is 422 g/mol. The number of nitrogens with one attached hydrogen (secondary N) is 2. The Morgan fingerprint density at radius 3 is 2.45 bits per heavy atom. The maximum absolute atomic E-state index is 13.6. The van der Waals surface area contributed by atoms with Crippen molar-refractivity contribution in [2.75, 3.05) is 32.0 Å². The van der Waals surface area contributed by atoms with Crippen LogP contribution in [0.5, 0.6) is 17.2 Å². The molecule has 2 N–H and O–H groups in total. The number of aryl methyl sites for hydroxylation is 2. The standard InChI is InChI=1S/C24H27N5O4/c1-13-7-9-17(14(2)11-13)28-23(30)19-15(3)27-24-25-12-26-29(24)20(19)16-8-10-18(31-4)22(33-6)21(16)32-5/h7-12,20H,1-6H3,(H,28,30)(H,25,26,27)/t20-/m0/s1. The van der Waals surface area contributed by atoms with Crippen molar-refractivity contribution in [1.29, 1.82) is 0 Å². The predicted octanol–water partition coefficient (Wildman–Crippen LogP) is 3.85. The summed E-state index contributed by atoms with van der Waals surface area (Å²) in [5, 5.41) is 10.6. The zero-order valence-corrected chi connectivity index (χ0v) is 19.5. The Kier molecular flexibility index (Phi) is 5.95. The molecule has 172 valence electrons. The number of carbonyl (C=O) groups excluding carboxylic acids is 1. The van der Waals surface area contributed by atoms with E-state index >= 15 is 0 Å². The van der Waals surface area contributed by atoms with Gasteiger partial charge in [0.1, 0.15) is 12.4 Å². The number of nitrogens with zero attached hydrogens (tertiary/aromatic N) is 3. The molecule has 1 aromatic heterocycles. The Morgan fingerprint density at radius 2 is 1.79 bits per heavy atom. The molecule has 33 heavy (non-hydrogen) atoms. The Balaban J connectivity index is 1.86. The van der Waals surface area contributed by atoms with Crippen molar-refractivity contribution in [2.45, 2.75) is 26.8 Å². The van der Waals surface area contributed by atoms with E-state index in [1.54, 1.807) is 32.1 Å². The SMILES string of the molecule is COc1ccc([C@H]2C(C(=O)Nc3ccc(C)cc3C)=C(C)Nc3ncnn32)c(OC)c1OC. The van der Waals surface area contributed by atoms with Crippen molar-refractivity contribution in [3.63, 3.8) is 0 Å². The second-order valence-corrected chi connectivity index (χ2v) is 7.79. The summed E-state index contributed by atoms with van der Waals surface area (Å²) in [6.45, 7) is 5.82. The number of hydrogen-bond acceptors (Lipinski definition) is 7. The third-order valence-electron chi connectivity index (χ3n) is 5.70. The summed E-state index contributed by atoms with van der Waals surface area (Å²) in [7, 11) is 4.66. The number of fused-ring (bicyclic) bond motifs is 1. The van der Waals surface area contributed by atoms with E-state index in [0.717, 1.165) is 16.8 Å². The summed E-state index contributed by atoms with van der Waals surface area (Å²) in [5.41, 5.74) is 4.69. The van der Waals surface area contributed by atoms with Gasteiger partial charge in [-0.15, -0.1) is 0 Å². The molecule has 0 saturated carbocycles. The summed E-state index contributed by atoms with van der Waals surface area (Å²) >= 11 is 0. The van der Waals surface area contributed by atoms with Crippen LogP contribution >= 0.6 is 0 Å². The quantitative estimate of drug-likeness (QED) is 0.590. The van der Waals surface area contributed by atoms with Gasteiger partial charge in [0.2, 0.25) is 11.7 Å². The Morgan fingerprint density at radius 1 is 1.03 bits per heavy atom. The van der Waals surface area contributed by atoms with E-state index in [2.05, 4.69) is 20.7 Å². The number of anilines is 2. The van der Waals surface area contributed by atoms with Gasteiger partial charge in [-0.05, 0) is 44.5 Å². The minimum absolute atomic E-state index is 0.255. The van der Waals surface area contributed by atoms with E-state index in [-0.39, 0.29) is 5.91 Å². The highest BCUT2D eigenvalue weighted by molar-refractivity contribution is 6.06. The molecule has 2 aromatic carbocycles. The van der Waals surface area contributed by atoms with Gasteiger partial charge in [0.15, 0.2) is 11.5 Å². The highest BCUT2D eigenvalue weighted by Crippen LogP contribution is 2.46. The number of amides is 1. The lowest BCUT2D eigenvalue weighted by molar-refractivity contribution is -0.113. The lowest BCUT2D eigenvalue weighted by Gasteiger charge is -2.30. The molecule has 0 bridgehead atoms. The summed E-state index contributed by atoms with van der Waals surface area (Å²) in [6.07, 6.45) is 1.45. The topological polar surface area (TPSA) is 99.5 Å². The molecule has 0 unspecified atom stereocenters. The first-order chi connectivity index (χ1) is 15.9. The van der Waals surface area contributed by atoms with E-state index in [0.29, 0.717) is 40.0 Å². The molecular formula is C24H27N5O4. The smallest absolute Gasteiger partial charge is 0.255 e. The van der Waals surface area contributed by atoms with Gasteiger partial charge in [0, 0.05) is 16.9 Å². The number of hydrogen-bond donors (Lipinski definition) is 2. The van der Waals surface area contributed by atoms with Crippen molar-refractivity contribution < 1.29 is 19.0 Å². The summed E-state index contributed by atoms with van der Waals surface area (Å²) in [5.74, 6) is 1.68. The minimum Gasteiger partial charge on any atom is -0.493 e. The molecule has 1 aliphatic rings. The fourth-order valence-corrected chi connectivity index (χ4v) is 4.16. The van der Waals surface area contributed by atoms with Crippen LogP contribution in [0.4, 0.5) is 11.6 Å². The van der Waals surface area contributed by atoms with Gasteiger partial charge in [-0.2, -0.15) is 10.1 Å². The van der Waals surface area contributed by atoms with E-state index < -0.39 is 6.04 Å². The zero-order chi connectivity index (χ0) is 23.7. The lowest BCUT2D eigenvalue weighted by Crippen LogP contribution is -2.32. The number of ether oxygens (including phenoxy) is 3. The number of carbonyl (C=O) groups is 1. The molecule has 1 atom stereocenters. The highest BCUT2D eigenvalue weighted by atomic mass is 16.5. The largest absolute Gasteiger partial charge is 0.493 e. The van der Waals surface area contributed by atoms with Gasteiger partial charge in [-0.25, -0.2) is 4.68 Å². The van der Waals surface area contributed by atoms with Crippen molar-refractivity contribution in [1.82, 2.24) is 14.8 Å². The van der Waals surface area contributed by atoms with E-state index in [1.807, 2.05) is 45.0 Å². The first kappa shape index (κ1) is 22.2. The van der Waals surface area contributed by atoms with Crippen LogP contribution in [0.1, 0.15) is 29.7 Å². The van der Waals surface area contributed by atoms with E-state index in [4.69, 9.17) is 14.2 Å². The molecule has 9 heteroatoms. The van der Waals surface area contributed by atoms with Crippen LogP contribution < -0.4 is 24.8 Å². The van der Waals surface area contributed by atoms with Gasteiger partial charge in [-0.1, -0.05) is 17.7 Å². The van der Waals surface area contributed by atoms with Crippen LogP contribution in [0, 0.1) is 13.8 Å². The maximum Gasteiger partial charge on any atom is 0.255 e. The number of rotatable bonds is 6. The summed E-state index contributed by atoms with van der Waals surface area (Å²) < 4.78 is 18.4. The van der Waals surface area contributed by atoms with Gasteiger partial charge in [-0.3, -0.25) is 4.79 Å². The Labute approximate surface area is 192 Å². The van der Waals surface area contributed by atoms with Crippen LogP contribution in [0.15, 0.2) is 47.9 Å². The molecule has 0 radical (unpaired) electrons. The lowest BCUT2D eigenvalue weighted by atomic mass is 9.93. The number of aromatic nitrogens is 3. The molecule has 4 rings (SSSR count). The van der Waals surface area contributed by atoms with Gasteiger partial charge < -0.3 is 24.8 Å². The normalized spacial score (nSPS) is 14.9. The zero-order valence-electron chi connectivity index (χ0n) is 19.5. The second-order valence-electron chi connectivity index (χ2n) is 7.79. The summed E-state index contributed by atoms with van der Waals surface area (Å²) in [4.78, 5) is 17.9. The van der Waals surface area contributed by atoms with Gasteiger partial charge in [0.25, 0.3) is 5.91 Å². The van der Waals surface area contributed by atoms with Crippen LogP contribution in [0.3, 0.4) is 0 Å². The Hall–Kier alpha value is -4.01. The monoisotopic (exact) mass is 449 g/mol. The summed E-state index contributed by atoms with van der Waals surface area (Å²) in [6, 6.07) is 8.92. The average molecular weight is 450 g/mol. The van der Waals surface area contributed by atoms with Gasteiger partial charge >= 0.3 is 0 Å². The second kappa shape index (κ2) is 8.85. The van der Waals surface area contributed by atoms with Gasteiger partial charge in [0.05, 0.1) is 26.9 Å². The molecule has 3 aromatic rings. The molecule has 1 amide bonds. The molecule has 0 aliphatic carbocycles. The van der Waals surface area contributed by atoms with Crippen molar-refractivity contribution >= 4 is 17.5 Å². The predicted molar refractivity (Wildman–Crippen MR) is 125 cm³/mol. The van der Waals surface area contributed by atoms with Crippen molar-refractivity contribution in [3.8, 4) is 17.2 Å². The average Bonchev–Trinajstić information content (AvgIpc) is 3.26. The molecule has 0 saturated heterocycles. The number of benzene rings is 2. The minimum atomic E-state index is -0.607. The van der Waals surface area contributed by atoms with Crippen LogP contribution in [-0.4, -0.2) is 42.0 Å². The maximum atomic E-state index is 13.6. The van der Waals surface area contributed by atoms with Crippen molar-refractivity contribution in [2.24, 2.45) is 0 Å². The van der Waals surface area contributed by atoms with Crippen molar-refractivity contribution in [3.05, 3.63) is 64.6 Å². The first-order valence-electron chi connectivity index (χ1n) is 10.4. The molecule has 9 nitrogen and oxygen atoms in total. The number of methoxy groups -OCH3 is 3. The molecule has 0 spiro atoms. The number of allylic oxidation sites excluding steroid dienone is 1. The third kappa shape index (κ3) is 3.86. The third-order valence-corrected chi connectivity index (χ3v) is 5.70. The van der Waals surface area contributed by atoms with E-state index in [1.165, 1.54) is 6.33 Å². The Bertz CT molecular complexity index is 1250. The van der Waals surface area contributed by atoms with Crippen LogP contribution in [0.25, 0.3) is 0 Å². The van der Waals surface area contributed by atoms with Crippen LogP contribution in [0.2, 0.25) is 0 Å². The molecule has 1 aliphatic heterocycles.